The van der Waals surface area contributed by atoms with Gasteiger partial charge in [-0.1, -0.05) is 48.0 Å². The van der Waals surface area contributed by atoms with Gasteiger partial charge in [-0.15, -0.1) is 0 Å². The highest BCUT2D eigenvalue weighted by Crippen LogP contribution is 2.41. The van der Waals surface area contributed by atoms with E-state index in [9.17, 15) is 14.7 Å². The summed E-state index contributed by atoms with van der Waals surface area (Å²) in [4.78, 5) is 31.3. The molecule has 28 heavy (non-hydrogen) atoms. The second-order valence-corrected chi connectivity index (χ2v) is 6.71. The Morgan fingerprint density at radius 3 is 2.25 bits per heavy atom. The third-order valence-electron chi connectivity index (χ3n) is 4.57. The van der Waals surface area contributed by atoms with Crippen LogP contribution >= 0.6 is 11.6 Å². The van der Waals surface area contributed by atoms with Crippen molar-refractivity contribution in [3.63, 3.8) is 0 Å². The van der Waals surface area contributed by atoms with Crippen LogP contribution in [0.25, 0.3) is 5.76 Å². The van der Waals surface area contributed by atoms with Gasteiger partial charge < -0.3 is 5.11 Å². The van der Waals surface area contributed by atoms with Gasteiger partial charge in [-0.3, -0.25) is 14.5 Å². The van der Waals surface area contributed by atoms with Crippen molar-refractivity contribution in [3.05, 3.63) is 101 Å². The molecule has 2 heterocycles. The van der Waals surface area contributed by atoms with Crippen LogP contribution in [-0.4, -0.2) is 21.8 Å². The van der Waals surface area contributed by atoms with Gasteiger partial charge in [-0.25, -0.2) is 4.98 Å². The predicted octanol–water partition coefficient (Wildman–Crippen LogP) is 4.36. The fourth-order valence-electron chi connectivity index (χ4n) is 3.28. The molecule has 138 valence electrons. The molecule has 3 aromatic rings. The summed E-state index contributed by atoms with van der Waals surface area (Å²) < 4.78 is 0. The van der Waals surface area contributed by atoms with Crippen LogP contribution in [0.15, 0.2) is 84.6 Å². The maximum atomic E-state index is 12.9. The average molecular weight is 391 g/mol. The van der Waals surface area contributed by atoms with E-state index < -0.39 is 17.7 Å². The van der Waals surface area contributed by atoms with Crippen LogP contribution in [0.5, 0.6) is 0 Å². The number of carbonyl (C=O) groups excluding carboxylic acids is 2. The molecule has 1 aromatic heterocycles. The lowest BCUT2D eigenvalue weighted by Gasteiger charge is -2.24. The van der Waals surface area contributed by atoms with Crippen LogP contribution in [0.4, 0.5) is 5.82 Å². The number of nitrogens with zero attached hydrogens (tertiary/aromatic N) is 2. The molecule has 0 saturated carbocycles. The maximum Gasteiger partial charge on any atom is 0.301 e. The van der Waals surface area contributed by atoms with Crippen molar-refractivity contribution in [1.82, 2.24) is 4.98 Å². The fourth-order valence-corrected chi connectivity index (χ4v) is 3.41. The predicted molar refractivity (Wildman–Crippen MR) is 107 cm³/mol. The zero-order valence-corrected chi connectivity index (χ0v) is 15.4. The van der Waals surface area contributed by atoms with Gasteiger partial charge in [0.05, 0.1) is 11.6 Å². The Labute approximate surface area is 166 Å². The van der Waals surface area contributed by atoms with E-state index in [1.54, 1.807) is 48.7 Å². The molecule has 1 fully saturated rings. The summed E-state index contributed by atoms with van der Waals surface area (Å²) in [5, 5.41) is 11.4. The van der Waals surface area contributed by atoms with Crippen molar-refractivity contribution in [2.24, 2.45) is 0 Å². The second kappa shape index (κ2) is 7.29. The van der Waals surface area contributed by atoms with Crippen molar-refractivity contribution >= 4 is 34.9 Å². The number of aromatic nitrogens is 1. The first-order valence-corrected chi connectivity index (χ1v) is 8.98. The topological polar surface area (TPSA) is 70.5 Å². The molecule has 1 atom stereocenters. The van der Waals surface area contributed by atoms with E-state index in [0.717, 1.165) is 0 Å². The van der Waals surface area contributed by atoms with Crippen LogP contribution in [0.1, 0.15) is 17.2 Å². The number of benzene rings is 2. The van der Waals surface area contributed by atoms with Crippen LogP contribution in [0, 0.1) is 0 Å². The van der Waals surface area contributed by atoms with Crippen molar-refractivity contribution < 1.29 is 14.7 Å². The van der Waals surface area contributed by atoms with E-state index in [4.69, 9.17) is 11.6 Å². The quantitative estimate of drug-likeness (QED) is 0.410. The van der Waals surface area contributed by atoms with Crippen molar-refractivity contribution in [1.29, 1.82) is 0 Å². The first-order valence-electron chi connectivity index (χ1n) is 8.61. The number of hydrogen-bond acceptors (Lipinski definition) is 4. The van der Waals surface area contributed by atoms with Gasteiger partial charge in [-0.2, -0.15) is 0 Å². The summed E-state index contributed by atoms with van der Waals surface area (Å²) in [6.07, 6.45) is 1.55. The van der Waals surface area contributed by atoms with E-state index in [1.807, 2.05) is 30.3 Å². The average Bonchev–Trinajstić information content (AvgIpc) is 3.00. The largest absolute Gasteiger partial charge is 0.507 e. The second-order valence-electron chi connectivity index (χ2n) is 6.27. The SMILES string of the molecule is O=C1C(=O)N(c2ccccn2)C(c2ccccc2)/C1=C(\O)c1ccc(Cl)cc1. The first kappa shape index (κ1) is 17.9. The number of aliphatic hydroxyl groups is 1. The first-order chi connectivity index (χ1) is 13.6. The number of carbonyl (C=O) groups is 2. The highest BCUT2D eigenvalue weighted by molar-refractivity contribution is 6.51. The Kier molecular flexibility index (Phi) is 4.67. The lowest BCUT2D eigenvalue weighted by molar-refractivity contribution is -0.132. The normalized spacial score (nSPS) is 18.5. The molecule has 5 nitrogen and oxygen atoms in total. The van der Waals surface area contributed by atoms with Gasteiger partial charge in [0.25, 0.3) is 5.78 Å². The Bertz CT molecular complexity index is 1060. The summed E-state index contributed by atoms with van der Waals surface area (Å²) in [6, 6.07) is 19.9. The number of rotatable bonds is 3. The highest BCUT2D eigenvalue weighted by atomic mass is 35.5. The number of halogens is 1. The summed E-state index contributed by atoms with van der Waals surface area (Å²) in [5.41, 5.74) is 1.12. The Hall–Kier alpha value is -3.44. The number of anilines is 1. The lowest BCUT2D eigenvalue weighted by Crippen LogP contribution is -2.30. The minimum Gasteiger partial charge on any atom is -0.507 e. The molecule has 1 amide bonds. The van der Waals surface area contributed by atoms with Crippen LogP contribution in [-0.2, 0) is 9.59 Å². The number of aliphatic hydroxyl groups excluding tert-OH is 1. The fraction of sp³-hybridized carbons (Fsp3) is 0.0455. The monoisotopic (exact) mass is 390 g/mol. The molecule has 4 rings (SSSR count). The number of amides is 1. The van der Waals surface area contributed by atoms with Gasteiger partial charge in [-0.05, 0) is 42.0 Å². The summed E-state index contributed by atoms with van der Waals surface area (Å²) >= 11 is 5.92. The molecular weight excluding hydrogens is 376 g/mol. The van der Waals surface area contributed by atoms with Crippen molar-refractivity contribution in [2.45, 2.75) is 6.04 Å². The van der Waals surface area contributed by atoms with E-state index in [-0.39, 0.29) is 11.3 Å². The van der Waals surface area contributed by atoms with E-state index in [1.165, 1.54) is 4.90 Å². The van der Waals surface area contributed by atoms with Gasteiger partial charge in [0.2, 0.25) is 0 Å². The summed E-state index contributed by atoms with van der Waals surface area (Å²) in [5.74, 6) is -1.40. The molecule has 1 aliphatic rings. The standard InChI is InChI=1S/C22H15ClN2O3/c23-16-11-9-15(10-12-16)20(26)18-19(14-6-2-1-3-7-14)25(22(28)21(18)27)17-8-4-5-13-24-17/h1-13,19,26H/b20-18+. The lowest BCUT2D eigenvalue weighted by atomic mass is 9.95. The number of ketones is 1. The van der Waals surface area contributed by atoms with E-state index >= 15 is 0 Å². The smallest absolute Gasteiger partial charge is 0.301 e. The minimum atomic E-state index is -0.785. The third kappa shape index (κ3) is 3.06. The van der Waals surface area contributed by atoms with Crippen LogP contribution in [0.3, 0.4) is 0 Å². The molecule has 6 heteroatoms. The summed E-state index contributed by atoms with van der Waals surface area (Å²) in [7, 11) is 0. The summed E-state index contributed by atoms with van der Waals surface area (Å²) in [6.45, 7) is 0. The van der Waals surface area contributed by atoms with Crippen LogP contribution in [0.2, 0.25) is 5.02 Å². The molecule has 0 radical (unpaired) electrons. The van der Waals surface area contributed by atoms with Gasteiger partial charge in [0.1, 0.15) is 11.6 Å². The van der Waals surface area contributed by atoms with Crippen molar-refractivity contribution in [3.8, 4) is 0 Å². The zero-order valence-electron chi connectivity index (χ0n) is 14.6. The van der Waals surface area contributed by atoms with Crippen molar-refractivity contribution in [2.75, 3.05) is 4.90 Å². The van der Waals surface area contributed by atoms with E-state index in [2.05, 4.69) is 4.98 Å². The maximum absolute atomic E-state index is 12.9. The number of Topliss-reactive ketones (excluding diaryl/α,β-unsaturated/α-hetero) is 1. The highest BCUT2D eigenvalue weighted by Gasteiger charge is 2.47. The minimum absolute atomic E-state index is 0.0178. The van der Waals surface area contributed by atoms with Gasteiger partial charge in [0, 0.05) is 16.8 Å². The molecule has 0 bridgehead atoms. The Morgan fingerprint density at radius 1 is 0.929 bits per heavy atom. The third-order valence-corrected chi connectivity index (χ3v) is 4.83. The molecule has 1 N–H and O–H groups in total. The number of pyridine rings is 1. The molecular formula is C22H15ClN2O3. The van der Waals surface area contributed by atoms with Gasteiger partial charge >= 0.3 is 5.91 Å². The number of hydrogen-bond donors (Lipinski definition) is 1. The Balaban J connectivity index is 1.94. The zero-order chi connectivity index (χ0) is 19.7. The molecule has 0 aliphatic carbocycles. The van der Waals surface area contributed by atoms with Gasteiger partial charge in [0.15, 0.2) is 0 Å². The molecule has 1 saturated heterocycles. The molecule has 0 spiro atoms. The molecule has 1 unspecified atom stereocenters. The van der Waals surface area contributed by atoms with Crippen LogP contribution < -0.4 is 4.90 Å². The van der Waals surface area contributed by atoms with E-state index in [0.29, 0.717) is 22.0 Å². The molecule has 2 aromatic carbocycles. The molecule has 1 aliphatic heterocycles. The Morgan fingerprint density at radius 2 is 1.61 bits per heavy atom.